The van der Waals surface area contributed by atoms with Crippen LogP contribution in [0.5, 0.6) is 0 Å². The molecule has 0 saturated heterocycles. The maximum absolute atomic E-state index is 12.6. The minimum Gasteiger partial charge on any atom is -0.480 e. The first-order chi connectivity index (χ1) is 14.2. The van der Waals surface area contributed by atoms with Crippen molar-refractivity contribution in [1.82, 2.24) is 16.0 Å². The van der Waals surface area contributed by atoms with Gasteiger partial charge in [0.1, 0.15) is 18.1 Å². The van der Waals surface area contributed by atoms with E-state index in [1.165, 1.54) is 11.8 Å². The molecule has 0 bridgehead atoms. The number of thioether (sulfide) groups is 1. The summed E-state index contributed by atoms with van der Waals surface area (Å²) in [7, 11) is 0. The highest BCUT2D eigenvalue weighted by Crippen LogP contribution is 2.04. The molecule has 4 unspecified atom stereocenters. The largest absolute Gasteiger partial charge is 0.480 e. The molecule has 0 saturated carbocycles. The van der Waals surface area contributed by atoms with Gasteiger partial charge in [-0.25, -0.2) is 4.79 Å². The highest BCUT2D eigenvalue weighted by atomic mass is 32.2. The molecule has 0 fully saturated rings. The van der Waals surface area contributed by atoms with Gasteiger partial charge in [0.2, 0.25) is 17.7 Å². The quantitative estimate of drug-likeness (QED) is 0.0905. The van der Waals surface area contributed by atoms with Crippen LogP contribution in [0.2, 0.25) is 0 Å². The van der Waals surface area contributed by atoms with Crippen LogP contribution in [0.1, 0.15) is 25.7 Å². The first-order valence-corrected chi connectivity index (χ1v) is 11.5. The summed E-state index contributed by atoms with van der Waals surface area (Å²) >= 11 is 5.31. The molecule has 13 heteroatoms. The molecule has 0 heterocycles. The Balaban J connectivity index is 5.02. The predicted octanol–water partition coefficient (Wildman–Crippen LogP) is -2.34. The first kappa shape index (κ1) is 28.5. The lowest BCUT2D eigenvalue weighted by atomic mass is 10.1. The Labute approximate surface area is 185 Å². The van der Waals surface area contributed by atoms with Crippen LogP contribution < -0.4 is 27.4 Å². The Morgan fingerprint density at radius 3 is 2.03 bits per heavy atom. The Morgan fingerprint density at radius 2 is 1.53 bits per heavy atom. The van der Waals surface area contributed by atoms with E-state index in [2.05, 4.69) is 28.6 Å². The molecule has 4 atom stereocenters. The van der Waals surface area contributed by atoms with Crippen LogP contribution >= 0.6 is 24.4 Å². The fourth-order valence-corrected chi connectivity index (χ4v) is 3.07. The molecule has 0 aromatic carbocycles. The van der Waals surface area contributed by atoms with E-state index in [0.29, 0.717) is 25.1 Å². The van der Waals surface area contributed by atoms with Crippen LogP contribution in [0.15, 0.2) is 0 Å². The Hall–Kier alpha value is -1.54. The fraction of sp³-hybridized carbons (Fsp3) is 0.765. The van der Waals surface area contributed by atoms with Crippen molar-refractivity contribution in [2.24, 2.45) is 11.5 Å². The molecular formula is C17H33N5O6S2. The van der Waals surface area contributed by atoms with E-state index in [4.69, 9.17) is 16.6 Å². The van der Waals surface area contributed by atoms with Crippen molar-refractivity contribution in [2.45, 2.75) is 49.9 Å². The van der Waals surface area contributed by atoms with Crippen molar-refractivity contribution < 1.29 is 29.4 Å². The molecule has 0 spiro atoms. The summed E-state index contributed by atoms with van der Waals surface area (Å²) in [5.74, 6) is -2.97. The number of nitrogens with two attached hydrogens (primary N) is 2. The summed E-state index contributed by atoms with van der Waals surface area (Å²) in [5, 5.41) is 25.5. The minimum absolute atomic E-state index is 0.165. The van der Waals surface area contributed by atoms with Gasteiger partial charge in [-0.2, -0.15) is 24.4 Å². The fourth-order valence-electron chi connectivity index (χ4n) is 2.35. The van der Waals surface area contributed by atoms with Crippen molar-refractivity contribution in [1.29, 1.82) is 0 Å². The normalized spacial score (nSPS) is 14.8. The monoisotopic (exact) mass is 467 g/mol. The van der Waals surface area contributed by atoms with Crippen LogP contribution in [-0.4, -0.2) is 89.0 Å². The second-order valence-electron chi connectivity index (χ2n) is 6.56. The lowest BCUT2D eigenvalue weighted by Gasteiger charge is -2.24. The SMILES string of the molecule is CSCCC(NC(=O)C(N)CCCCN)C(=O)NC(CO)C(=O)NC(CS)C(=O)O. The lowest BCUT2D eigenvalue weighted by molar-refractivity contribution is -0.142. The zero-order valence-electron chi connectivity index (χ0n) is 17.0. The second-order valence-corrected chi connectivity index (χ2v) is 7.91. The van der Waals surface area contributed by atoms with Crippen molar-refractivity contribution in [2.75, 3.05) is 30.9 Å². The molecule has 0 rings (SSSR count). The van der Waals surface area contributed by atoms with Gasteiger partial charge >= 0.3 is 5.97 Å². The first-order valence-electron chi connectivity index (χ1n) is 9.51. The summed E-state index contributed by atoms with van der Waals surface area (Å²) in [4.78, 5) is 48.1. The topological polar surface area (TPSA) is 197 Å². The van der Waals surface area contributed by atoms with Crippen LogP contribution in [-0.2, 0) is 19.2 Å². The van der Waals surface area contributed by atoms with Crippen LogP contribution in [0, 0.1) is 0 Å². The van der Waals surface area contributed by atoms with E-state index in [1.807, 2.05) is 6.26 Å². The van der Waals surface area contributed by atoms with Crippen LogP contribution in [0.4, 0.5) is 0 Å². The van der Waals surface area contributed by atoms with Crippen molar-refractivity contribution in [3.05, 3.63) is 0 Å². The number of aliphatic carboxylic acids is 1. The van der Waals surface area contributed by atoms with Gasteiger partial charge in [-0.05, 0) is 37.8 Å². The van der Waals surface area contributed by atoms with Crippen molar-refractivity contribution in [3.63, 3.8) is 0 Å². The van der Waals surface area contributed by atoms with Gasteiger partial charge in [-0.15, -0.1) is 0 Å². The maximum atomic E-state index is 12.6. The lowest BCUT2D eigenvalue weighted by Crippen LogP contribution is -2.58. The zero-order chi connectivity index (χ0) is 23.1. The predicted molar refractivity (Wildman–Crippen MR) is 118 cm³/mol. The number of aliphatic hydroxyl groups is 1. The van der Waals surface area contributed by atoms with Crippen LogP contribution in [0.3, 0.4) is 0 Å². The van der Waals surface area contributed by atoms with Gasteiger partial charge in [0, 0.05) is 5.75 Å². The van der Waals surface area contributed by atoms with E-state index in [1.54, 1.807) is 0 Å². The van der Waals surface area contributed by atoms with Gasteiger partial charge in [0.05, 0.1) is 12.6 Å². The van der Waals surface area contributed by atoms with Gasteiger partial charge in [-0.3, -0.25) is 14.4 Å². The number of rotatable bonds is 16. The molecule has 0 radical (unpaired) electrons. The standard InChI is InChI=1S/C17H33N5O6S2/c1-30-7-5-11(20-14(24)10(19)4-2-3-6-18)15(25)21-12(8-23)16(26)22-13(9-29)17(27)28/h10-13,23,29H,2-9,18-19H2,1H3,(H,20,24)(H,21,25)(H,22,26)(H,27,28). The molecule has 0 aliphatic rings. The van der Waals surface area contributed by atoms with Gasteiger partial charge in [0.15, 0.2) is 0 Å². The van der Waals surface area contributed by atoms with Crippen molar-refractivity contribution in [3.8, 4) is 0 Å². The molecular weight excluding hydrogens is 434 g/mol. The molecule has 174 valence electrons. The molecule has 0 aromatic rings. The molecule has 0 aliphatic carbocycles. The molecule has 11 nitrogen and oxygen atoms in total. The summed E-state index contributed by atoms with van der Waals surface area (Å²) in [5.41, 5.74) is 11.3. The number of hydrogen-bond acceptors (Lipinski definition) is 9. The van der Waals surface area contributed by atoms with E-state index in [-0.39, 0.29) is 12.2 Å². The van der Waals surface area contributed by atoms with Gasteiger partial charge in [-0.1, -0.05) is 6.42 Å². The number of nitrogens with one attached hydrogen (secondary N) is 3. The summed E-state index contributed by atoms with van der Waals surface area (Å²) in [6, 6.07) is -4.42. The van der Waals surface area contributed by atoms with E-state index in [9.17, 15) is 24.3 Å². The molecule has 3 amide bonds. The van der Waals surface area contributed by atoms with Gasteiger partial charge in [0.25, 0.3) is 0 Å². The summed E-state index contributed by atoms with van der Waals surface area (Å²) < 4.78 is 0. The number of unbranched alkanes of at least 4 members (excludes halogenated alkanes) is 1. The Kier molecular flexibility index (Phi) is 15.4. The summed E-state index contributed by atoms with van der Waals surface area (Å²) in [6.07, 6.45) is 3.94. The highest BCUT2D eigenvalue weighted by molar-refractivity contribution is 7.98. The third-order valence-corrected chi connectivity index (χ3v) is 5.17. The maximum Gasteiger partial charge on any atom is 0.327 e. The molecule has 9 N–H and O–H groups in total. The van der Waals surface area contributed by atoms with E-state index in [0.717, 1.165) is 6.42 Å². The number of amides is 3. The second kappa shape index (κ2) is 16.2. The van der Waals surface area contributed by atoms with Crippen molar-refractivity contribution >= 4 is 48.1 Å². The minimum atomic E-state index is -1.38. The van der Waals surface area contributed by atoms with Gasteiger partial charge < -0.3 is 37.6 Å². The number of aliphatic hydroxyl groups excluding tert-OH is 1. The summed E-state index contributed by atoms with van der Waals surface area (Å²) in [6.45, 7) is -0.258. The number of hydrogen-bond donors (Lipinski definition) is 8. The van der Waals surface area contributed by atoms with E-state index >= 15 is 0 Å². The number of thiol groups is 1. The van der Waals surface area contributed by atoms with Crippen LogP contribution in [0.25, 0.3) is 0 Å². The molecule has 30 heavy (non-hydrogen) atoms. The third kappa shape index (κ3) is 11.0. The average molecular weight is 468 g/mol. The molecule has 0 aromatic heterocycles. The van der Waals surface area contributed by atoms with E-state index < -0.39 is 54.5 Å². The number of carbonyl (C=O) groups excluding carboxylic acids is 3. The zero-order valence-corrected chi connectivity index (χ0v) is 18.7. The smallest absolute Gasteiger partial charge is 0.327 e. The number of carbonyl (C=O) groups is 4. The Morgan fingerprint density at radius 1 is 0.967 bits per heavy atom. The number of carboxylic acid groups (broad SMARTS) is 1. The highest BCUT2D eigenvalue weighted by Gasteiger charge is 2.29. The number of carboxylic acids is 1. The Bertz CT molecular complexity index is 569. The third-order valence-electron chi connectivity index (χ3n) is 4.16. The average Bonchev–Trinajstić information content (AvgIpc) is 2.72. The molecule has 0 aliphatic heterocycles.